The summed E-state index contributed by atoms with van der Waals surface area (Å²) in [5.74, 6) is 0.0767. The lowest BCUT2D eigenvalue weighted by atomic mass is 10.1. The van der Waals surface area contributed by atoms with E-state index < -0.39 is 15.8 Å². The van der Waals surface area contributed by atoms with Crippen LogP contribution in [0.1, 0.15) is 23.1 Å². The van der Waals surface area contributed by atoms with Gasteiger partial charge in [-0.1, -0.05) is 30.0 Å². The number of aryl methyl sites for hydroxylation is 1. The number of ketones is 1. The van der Waals surface area contributed by atoms with Gasteiger partial charge < -0.3 is 9.13 Å². The second kappa shape index (κ2) is 9.59. The molecule has 8 nitrogen and oxygen atoms in total. The molecule has 2 aromatic heterocycles. The maximum atomic E-state index is 13.3. The monoisotopic (exact) mass is 501 g/mol. The molecule has 178 valence electrons. The number of carbonyl (C=O) groups excluding carboxylic acids is 1. The average Bonchev–Trinajstić information content (AvgIpc) is 3.36. The molecule has 0 amide bonds. The molecule has 0 saturated carbocycles. The number of nitrogens with zero attached hydrogens (tertiary/aromatic N) is 5. The number of thioether (sulfide) groups is 1. The van der Waals surface area contributed by atoms with Crippen molar-refractivity contribution in [2.75, 3.05) is 16.3 Å². The fourth-order valence-corrected chi connectivity index (χ4v) is 5.35. The smallest absolute Gasteiger partial charge is 0.232 e. The maximum Gasteiger partial charge on any atom is 0.232 e. The van der Waals surface area contributed by atoms with Crippen LogP contribution in [-0.2, 0) is 30.2 Å². The molecule has 2 aromatic carbocycles. The number of Topliss-reactive ketones (excluding diaryl/α,β-unsaturated/α-hetero) is 1. The number of anilines is 1. The van der Waals surface area contributed by atoms with E-state index in [1.165, 1.54) is 36.0 Å². The van der Waals surface area contributed by atoms with Gasteiger partial charge >= 0.3 is 0 Å². The summed E-state index contributed by atoms with van der Waals surface area (Å²) in [5, 5.41) is 9.68. The Hall–Kier alpha value is -3.18. The molecule has 0 fully saturated rings. The van der Waals surface area contributed by atoms with Crippen molar-refractivity contribution in [3.05, 3.63) is 71.9 Å². The van der Waals surface area contributed by atoms with Crippen LogP contribution in [0.2, 0.25) is 0 Å². The van der Waals surface area contributed by atoms with Gasteiger partial charge in [-0.15, -0.1) is 10.2 Å². The molecule has 0 aliphatic carbocycles. The first-order valence-corrected chi connectivity index (χ1v) is 13.4. The molecule has 4 aromatic rings. The Morgan fingerprint density at radius 1 is 1.12 bits per heavy atom. The first kappa shape index (κ1) is 24.0. The minimum Gasteiger partial charge on any atom is -0.347 e. The quantitative estimate of drug-likeness (QED) is 0.256. The average molecular weight is 502 g/mol. The highest BCUT2D eigenvalue weighted by atomic mass is 32.2. The molecule has 0 aliphatic rings. The van der Waals surface area contributed by atoms with Gasteiger partial charge in [0.15, 0.2) is 16.8 Å². The molecule has 0 N–H and O–H groups in total. The molecule has 0 unspecified atom stereocenters. The van der Waals surface area contributed by atoms with Crippen LogP contribution in [0, 0.1) is 5.82 Å². The second-order valence-electron chi connectivity index (χ2n) is 7.76. The molecule has 4 rings (SSSR count). The topological polar surface area (TPSA) is 90.1 Å². The summed E-state index contributed by atoms with van der Waals surface area (Å²) in [6.07, 6.45) is 2.95. The summed E-state index contributed by atoms with van der Waals surface area (Å²) in [4.78, 5) is 13.0. The van der Waals surface area contributed by atoms with Crippen LogP contribution in [0.3, 0.4) is 0 Å². The number of fused-ring (bicyclic) bond motifs is 1. The van der Waals surface area contributed by atoms with Crippen molar-refractivity contribution in [2.24, 2.45) is 7.05 Å². The molecule has 11 heteroatoms. The van der Waals surface area contributed by atoms with Crippen molar-refractivity contribution in [2.45, 2.75) is 25.2 Å². The third kappa shape index (κ3) is 4.85. The van der Waals surface area contributed by atoms with E-state index in [1.54, 1.807) is 11.6 Å². The van der Waals surface area contributed by atoms with Crippen LogP contribution in [0.5, 0.6) is 0 Å². The summed E-state index contributed by atoms with van der Waals surface area (Å²) in [7, 11) is -1.93. The number of para-hydroxylation sites is 1. The fourth-order valence-electron chi connectivity index (χ4n) is 3.68. The van der Waals surface area contributed by atoms with Gasteiger partial charge in [0, 0.05) is 36.3 Å². The highest BCUT2D eigenvalue weighted by molar-refractivity contribution is 7.99. The zero-order valence-corrected chi connectivity index (χ0v) is 20.6. The molecule has 2 heterocycles. The van der Waals surface area contributed by atoms with Gasteiger partial charge in [-0.25, -0.2) is 12.8 Å². The molecule has 0 spiro atoms. The number of benzene rings is 2. The van der Waals surface area contributed by atoms with E-state index in [9.17, 15) is 17.6 Å². The Morgan fingerprint density at radius 2 is 1.82 bits per heavy atom. The molecular formula is C23H24FN5O3S2. The lowest BCUT2D eigenvalue weighted by Crippen LogP contribution is -2.30. The molecule has 0 bridgehead atoms. The Labute approximate surface area is 201 Å². The number of rotatable bonds is 9. The van der Waals surface area contributed by atoms with Crippen molar-refractivity contribution < 1.29 is 17.6 Å². The summed E-state index contributed by atoms with van der Waals surface area (Å²) in [5.41, 5.74) is 2.00. The Bertz CT molecular complexity index is 1450. The largest absolute Gasteiger partial charge is 0.347 e. The standard InChI is InChI=1S/C23H24FN5O3S2/c1-4-28-13-19(18-7-5-6-8-20(18)28)21(30)15-33-23-26-25-22(27(23)2)14-29(34(3,31)32)17-11-9-16(24)10-12-17/h5-13H,4,14-15H2,1-3H3. The number of aromatic nitrogens is 4. The van der Waals surface area contributed by atoms with Crippen LogP contribution in [0.25, 0.3) is 10.9 Å². The van der Waals surface area contributed by atoms with Crippen molar-refractivity contribution in [1.82, 2.24) is 19.3 Å². The Kier molecular flexibility index (Phi) is 6.76. The van der Waals surface area contributed by atoms with E-state index in [2.05, 4.69) is 10.2 Å². The van der Waals surface area contributed by atoms with Crippen molar-refractivity contribution in [3.8, 4) is 0 Å². The van der Waals surface area contributed by atoms with Crippen molar-refractivity contribution >= 4 is 44.2 Å². The van der Waals surface area contributed by atoms with Gasteiger partial charge in [0.1, 0.15) is 5.82 Å². The number of hydrogen-bond donors (Lipinski definition) is 0. The third-order valence-corrected chi connectivity index (χ3v) is 7.65. The third-order valence-electron chi connectivity index (χ3n) is 5.49. The van der Waals surface area contributed by atoms with Gasteiger partial charge in [-0.2, -0.15) is 0 Å². The lowest BCUT2D eigenvalue weighted by Gasteiger charge is -2.21. The van der Waals surface area contributed by atoms with Crippen molar-refractivity contribution in [1.29, 1.82) is 0 Å². The van der Waals surface area contributed by atoms with E-state index in [4.69, 9.17) is 0 Å². The van der Waals surface area contributed by atoms with Crippen LogP contribution in [0.4, 0.5) is 10.1 Å². The Balaban J connectivity index is 1.51. The molecule has 34 heavy (non-hydrogen) atoms. The number of hydrogen-bond acceptors (Lipinski definition) is 6. The van der Waals surface area contributed by atoms with Crippen LogP contribution in [-0.4, -0.2) is 45.5 Å². The SMILES string of the molecule is CCn1cc(C(=O)CSc2nnc(CN(c3ccc(F)cc3)S(C)(=O)=O)n2C)c2ccccc21. The summed E-state index contributed by atoms with van der Waals surface area (Å²) in [6, 6.07) is 13.0. The first-order valence-electron chi connectivity index (χ1n) is 10.5. The van der Waals surface area contributed by atoms with Gasteiger partial charge in [-0.05, 0) is 37.3 Å². The number of carbonyl (C=O) groups is 1. The van der Waals surface area contributed by atoms with Crippen LogP contribution >= 0.6 is 11.8 Å². The zero-order chi connectivity index (χ0) is 24.5. The minimum absolute atomic E-state index is 0.0259. The lowest BCUT2D eigenvalue weighted by molar-refractivity contribution is 0.102. The predicted octanol–water partition coefficient (Wildman–Crippen LogP) is 3.87. The Morgan fingerprint density at radius 3 is 2.50 bits per heavy atom. The highest BCUT2D eigenvalue weighted by Crippen LogP contribution is 2.26. The molecule has 0 aliphatic heterocycles. The number of sulfonamides is 1. The van der Waals surface area contributed by atoms with Crippen LogP contribution in [0.15, 0.2) is 59.9 Å². The fraction of sp³-hybridized carbons (Fsp3) is 0.261. The molecule has 0 atom stereocenters. The highest BCUT2D eigenvalue weighted by Gasteiger charge is 2.22. The van der Waals surface area contributed by atoms with Crippen molar-refractivity contribution in [3.63, 3.8) is 0 Å². The number of halogens is 1. The zero-order valence-electron chi connectivity index (χ0n) is 19.0. The van der Waals surface area contributed by atoms with E-state index >= 15 is 0 Å². The van der Waals surface area contributed by atoms with Gasteiger partial charge in [0.05, 0.1) is 24.2 Å². The molecule has 0 saturated heterocycles. The van der Waals surface area contributed by atoms with E-state index in [0.717, 1.165) is 28.0 Å². The van der Waals surface area contributed by atoms with Gasteiger partial charge in [0.25, 0.3) is 0 Å². The summed E-state index contributed by atoms with van der Waals surface area (Å²) in [6.45, 7) is 2.72. The summed E-state index contributed by atoms with van der Waals surface area (Å²) < 4.78 is 42.9. The minimum atomic E-state index is -3.65. The molecular weight excluding hydrogens is 477 g/mol. The maximum absolute atomic E-state index is 13.3. The second-order valence-corrected chi connectivity index (χ2v) is 10.6. The van der Waals surface area contributed by atoms with Gasteiger partial charge in [-0.3, -0.25) is 9.10 Å². The van der Waals surface area contributed by atoms with E-state index in [0.29, 0.717) is 22.2 Å². The normalized spacial score (nSPS) is 11.8. The van der Waals surface area contributed by atoms with E-state index in [1.807, 2.05) is 42.0 Å². The van der Waals surface area contributed by atoms with Crippen LogP contribution < -0.4 is 4.31 Å². The first-order chi connectivity index (χ1) is 16.2. The predicted molar refractivity (Wildman–Crippen MR) is 131 cm³/mol. The van der Waals surface area contributed by atoms with Gasteiger partial charge in [0.2, 0.25) is 10.0 Å². The molecule has 0 radical (unpaired) electrons. The van der Waals surface area contributed by atoms with E-state index in [-0.39, 0.29) is 18.1 Å². The summed E-state index contributed by atoms with van der Waals surface area (Å²) >= 11 is 1.24.